The molecular formula is C49H106O13SSi3. The molecule has 0 fully saturated rings. The minimum atomic E-state index is -3.28. The summed E-state index contributed by atoms with van der Waals surface area (Å²) in [6, 6.07) is 2.82. The Morgan fingerprint density at radius 2 is 0.712 bits per heavy atom. The van der Waals surface area contributed by atoms with Crippen LogP contribution in [-0.4, -0.2) is 143 Å². The van der Waals surface area contributed by atoms with Crippen LogP contribution in [-0.2, 0) is 35.4 Å². The van der Waals surface area contributed by atoms with Crippen LogP contribution in [0.15, 0.2) is 0 Å². The average molecular weight is 1020 g/mol. The largest absolute Gasteiger partial charge is 0.501 e. The maximum Gasteiger partial charge on any atom is 0.501 e. The van der Waals surface area contributed by atoms with Crippen LogP contribution in [0.3, 0.4) is 0 Å². The number of aliphatic hydroxyl groups is 5. The summed E-state index contributed by atoms with van der Waals surface area (Å²) in [6.07, 6.45) is 16.0. The van der Waals surface area contributed by atoms with Crippen molar-refractivity contribution in [3.05, 3.63) is 0 Å². The quantitative estimate of drug-likeness (QED) is 0.0193. The third-order valence-corrected chi connectivity index (χ3v) is 21.9. The number of hydrogen-bond acceptors (Lipinski definition) is 14. The molecule has 0 aliphatic rings. The lowest BCUT2D eigenvalue weighted by atomic mass is 10.1. The van der Waals surface area contributed by atoms with E-state index in [9.17, 15) is 25.5 Å². The highest BCUT2D eigenvalue weighted by Gasteiger charge is 2.44. The lowest BCUT2D eigenvalue weighted by Crippen LogP contribution is -2.49. The Balaban J connectivity index is 6.19. The second-order valence-electron chi connectivity index (χ2n) is 20.1. The van der Waals surface area contributed by atoms with Gasteiger partial charge in [0.25, 0.3) is 0 Å². The third kappa shape index (κ3) is 33.2. The van der Waals surface area contributed by atoms with E-state index in [0.717, 1.165) is 44.6 Å². The molecule has 0 aromatic rings. The van der Waals surface area contributed by atoms with E-state index in [1.54, 1.807) is 0 Å². The predicted octanol–water partition coefficient (Wildman–Crippen LogP) is 9.67. The average Bonchev–Trinajstić information content (AvgIpc) is 3.32. The van der Waals surface area contributed by atoms with Crippen LogP contribution in [0.4, 0.5) is 0 Å². The fourth-order valence-electron chi connectivity index (χ4n) is 7.15. The van der Waals surface area contributed by atoms with Crippen LogP contribution >= 0.6 is 12.6 Å². The molecule has 0 bridgehead atoms. The van der Waals surface area contributed by atoms with E-state index < -0.39 is 26.2 Å². The molecule has 0 saturated carbocycles. The fraction of sp³-hybridized carbons (Fsp3) is 1.00. The van der Waals surface area contributed by atoms with Crippen LogP contribution in [0.5, 0.6) is 0 Å². The molecule has 0 heterocycles. The lowest BCUT2D eigenvalue weighted by molar-refractivity contribution is 0.0155. The molecule has 0 spiro atoms. The van der Waals surface area contributed by atoms with Crippen LogP contribution < -0.4 is 0 Å². The molecule has 0 rings (SSSR count). The number of thiol groups is 1. The predicted molar refractivity (Wildman–Crippen MR) is 278 cm³/mol. The Hall–Kier alpha value is 0.481. The maximum atomic E-state index is 10.1. The summed E-state index contributed by atoms with van der Waals surface area (Å²) < 4.78 is 53.8. The van der Waals surface area contributed by atoms with Gasteiger partial charge in [0.05, 0.1) is 0 Å². The zero-order valence-electron chi connectivity index (χ0n) is 43.8. The highest BCUT2D eigenvalue weighted by Crippen LogP contribution is 2.30. The van der Waals surface area contributed by atoms with Crippen LogP contribution in [0.25, 0.3) is 0 Å². The summed E-state index contributed by atoms with van der Waals surface area (Å²) in [6.45, 7) is 22.0. The highest BCUT2D eigenvalue weighted by atomic mass is 32.1. The normalized spacial score (nSPS) is 18.2. The van der Waals surface area contributed by atoms with E-state index in [0.29, 0.717) is 89.6 Å². The molecule has 0 aromatic heterocycles. The van der Waals surface area contributed by atoms with Crippen molar-refractivity contribution < 1.29 is 60.9 Å². The maximum absolute atomic E-state index is 10.1. The Labute approximate surface area is 413 Å². The van der Waals surface area contributed by atoms with E-state index in [-0.39, 0.29) is 74.5 Å². The molecular weight excluding hydrogens is 913 g/mol. The molecule has 17 heteroatoms. The van der Waals surface area contributed by atoms with Gasteiger partial charge in [-0.05, 0) is 61.3 Å². The van der Waals surface area contributed by atoms with Gasteiger partial charge >= 0.3 is 26.2 Å². The summed E-state index contributed by atoms with van der Waals surface area (Å²) in [5.41, 5.74) is 0. The minimum Gasteiger partial charge on any atom is -0.396 e. The van der Waals surface area contributed by atoms with Crippen LogP contribution in [0.1, 0.15) is 159 Å². The Kier molecular flexibility index (Phi) is 42.3. The monoisotopic (exact) mass is 1020 g/mol. The number of hydrogen-bond donors (Lipinski definition) is 6. The van der Waals surface area contributed by atoms with Gasteiger partial charge < -0.3 is 60.9 Å². The Morgan fingerprint density at radius 1 is 0.364 bits per heavy atom. The first-order chi connectivity index (χ1) is 31.7. The molecule has 13 nitrogen and oxygen atoms in total. The molecule has 398 valence electrons. The number of unbranched alkanes of at least 4 members (excludes halogenated alkanes) is 10. The Bertz CT molecular complexity index is 1080. The van der Waals surface area contributed by atoms with Gasteiger partial charge in [-0.25, -0.2) is 0 Å². The van der Waals surface area contributed by atoms with Gasteiger partial charge in [0.15, 0.2) is 0 Å². The lowest BCUT2D eigenvalue weighted by Gasteiger charge is -2.35. The molecule has 0 amide bonds. The molecule has 0 aromatic carbocycles. The van der Waals surface area contributed by atoms with E-state index in [4.69, 9.17) is 35.4 Å². The van der Waals surface area contributed by atoms with Crippen molar-refractivity contribution in [3.63, 3.8) is 0 Å². The fourth-order valence-corrected chi connectivity index (χ4v) is 17.2. The van der Waals surface area contributed by atoms with Crippen molar-refractivity contribution in [2.75, 3.05) is 91.6 Å². The van der Waals surface area contributed by atoms with Crippen LogP contribution in [0, 0.1) is 41.4 Å². The summed E-state index contributed by atoms with van der Waals surface area (Å²) in [5, 5.41) is 49.5. The van der Waals surface area contributed by atoms with E-state index in [1.165, 1.54) is 44.9 Å². The van der Waals surface area contributed by atoms with E-state index in [2.05, 4.69) is 40.3 Å². The van der Waals surface area contributed by atoms with E-state index >= 15 is 0 Å². The van der Waals surface area contributed by atoms with Crippen LogP contribution in [0.2, 0.25) is 24.2 Å². The van der Waals surface area contributed by atoms with Gasteiger partial charge in [-0.15, -0.1) is 0 Å². The Morgan fingerprint density at radius 3 is 1.15 bits per heavy atom. The summed E-state index contributed by atoms with van der Waals surface area (Å²) in [4.78, 5) is 0. The van der Waals surface area contributed by atoms with Gasteiger partial charge in [-0.2, -0.15) is 12.6 Å². The van der Waals surface area contributed by atoms with E-state index in [1.807, 2.05) is 34.6 Å². The van der Waals surface area contributed by atoms with Crippen molar-refractivity contribution in [1.29, 1.82) is 0 Å². The summed E-state index contributed by atoms with van der Waals surface area (Å²) >= 11 is 4.55. The summed E-state index contributed by atoms with van der Waals surface area (Å²) in [5.74, 6) is 0.728. The van der Waals surface area contributed by atoms with Gasteiger partial charge in [0.1, 0.15) is 0 Å². The zero-order valence-corrected chi connectivity index (χ0v) is 47.7. The molecule has 10 atom stereocenters. The molecule has 0 saturated heterocycles. The molecule has 66 heavy (non-hydrogen) atoms. The zero-order chi connectivity index (χ0) is 49.5. The minimum absolute atomic E-state index is 0.00729. The first-order valence-electron chi connectivity index (χ1n) is 26.4. The van der Waals surface area contributed by atoms with Crippen molar-refractivity contribution in [2.45, 2.75) is 183 Å². The molecule has 0 radical (unpaired) electrons. The van der Waals surface area contributed by atoms with Gasteiger partial charge in [0, 0.05) is 122 Å². The second-order valence-corrected chi connectivity index (χ2v) is 29.4. The van der Waals surface area contributed by atoms with Gasteiger partial charge in [-0.1, -0.05) is 133 Å². The van der Waals surface area contributed by atoms with Crippen molar-refractivity contribution in [3.8, 4) is 0 Å². The number of rotatable bonds is 50. The SMILES string of the molecule is CCCCCCCC[Si](CC(C)CO)(OCC(C)CO)OCC(C)CO[Si](CCCS)(OCCC(C)CO[Si](CCCCCCCC)(OCCC(C)CO)OCC(C)CO)OCC(C)CO. The van der Waals surface area contributed by atoms with Crippen molar-refractivity contribution in [1.82, 2.24) is 0 Å². The summed E-state index contributed by atoms with van der Waals surface area (Å²) in [7, 11) is -9.20. The topological polar surface area (TPSA) is 175 Å². The van der Waals surface area contributed by atoms with Gasteiger partial charge in [-0.3, -0.25) is 0 Å². The third-order valence-electron chi connectivity index (χ3n) is 12.1. The highest BCUT2D eigenvalue weighted by molar-refractivity contribution is 7.80. The standard InChI is InChI=1S/C49H106O13SSi3/c1-10-12-14-16-18-20-28-64(42-48(8)35-54,57-37-45(5)32-51)58-40-49(9)41-62-66(30-22-27-63,61-39-47(7)34-53)56-26-24-44(4)36-59-65(60-38-46(6)33-52,55-25-23-43(3)31-50)29-21-19-17-15-13-11-2/h43-54,63H,10-42H2,1-9H3. The van der Waals surface area contributed by atoms with Crippen molar-refractivity contribution in [2.24, 2.45) is 41.4 Å². The molecule has 5 N–H and O–H groups in total. The van der Waals surface area contributed by atoms with Crippen molar-refractivity contribution >= 4 is 38.8 Å². The molecule has 0 aliphatic heterocycles. The van der Waals surface area contributed by atoms with Gasteiger partial charge in [0.2, 0.25) is 0 Å². The number of aliphatic hydroxyl groups excluding tert-OH is 5. The first kappa shape index (κ1) is 66.5. The molecule has 0 aliphatic carbocycles. The smallest absolute Gasteiger partial charge is 0.396 e. The molecule has 10 unspecified atom stereocenters. The second kappa shape index (κ2) is 42.0. The first-order valence-corrected chi connectivity index (χ1v) is 33.2.